The van der Waals surface area contributed by atoms with Crippen LogP contribution >= 0.6 is 0 Å². The average Bonchev–Trinajstić information content (AvgIpc) is 2.36. The molecule has 0 aromatic carbocycles. The van der Waals surface area contributed by atoms with Gasteiger partial charge in [0.25, 0.3) is 0 Å². The molecular weight excluding hydrogens is 208 g/mol. The molecule has 90 valence electrons. The molecule has 0 amide bonds. The van der Waals surface area contributed by atoms with Gasteiger partial charge in [-0.25, -0.2) is 0 Å². The lowest BCUT2D eigenvalue weighted by Crippen LogP contribution is -2.05. The average molecular weight is 228 g/mol. The second-order valence-electron chi connectivity index (χ2n) is 3.75. The molecule has 1 aromatic heterocycles. The fourth-order valence-electron chi connectivity index (χ4n) is 1.66. The summed E-state index contributed by atoms with van der Waals surface area (Å²) in [5, 5.41) is 0. The van der Waals surface area contributed by atoms with Gasteiger partial charge in [0.1, 0.15) is 0 Å². The number of hydrogen-bond acceptors (Lipinski definition) is 2. The van der Waals surface area contributed by atoms with E-state index in [1.54, 1.807) is 7.05 Å². The first-order valence-corrected chi connectivity index (χ1v) is 6.03. The Bertz CT molecular complexity index is 428. The molecule has 0 N–H and O–H groups in total. The van der Waals surface area contributed by atoms with Crippen LogP contribution in [0.15, 0.2) is 47.6 Å². The van der Waals surface area contributed by atoms with Crippen molar-refractivity contribution < 1.29 is 0 Å². The van der Waals surface area contributed by atoms with E-state index in [0.717, 1.165) is 24.2 Å². The van der Waals surface area contributed by atoms with E-state index in [9.17, 15) is 0 Å². The third kappa shape index (κ3) is 3.99. The number of pyridine rings is 1. The van der Waals surface area contributed by atoms with E-state index < -0.39 is 0 Å². The Kier molecular flexibility index (Phi) is 5.94. The van der Waals surface area contributed by atoms with Crippen LogP contribution in [0.2, 0.25) is 0 Å². The van der Waals surface area contributed by atoms with E-state index >= 15 is 0 Å². The summed E-state index contributed by atoms with van der Waals surface area (Å²) in [7, 11) is 1.81. The van der Waals surface area contributed by atoms with Gasteiger partial charge in [-0.1, -0.05) is 37.6 Å². The van der Waals surface area contributed by atoms with E-state index in [0.29, 0.717) is 0 Å². The summed E-state index contributed by atoms with van der Waals surface area (Å²) in [5.41, 5.74) is 3.20. The number of aromatic nitrogens is 1. The Morgan fingerprint density at radius 3 is 2.88 bits per heavy atom. The van der Waals surface area contributed by atoms with Gasteiger partial charge in [0.2, 0.25) is 0 Å². The van der Waals surface area contributed by atoms with Crippen LogP contribution < -0.4 is 0 Å². The van der Waals surface area contributed by atoms with Crippen LogP contribution in [0.4, 0.5) is 0 Å². The Balaban J connectivity index is 3.03. The van der Waals surface area contributed by atoms with Crippen molar-refractivity contribution in [2.24, 2.45) is 4.99 Å². The molecule has 0 aliphatic rings. The van der Waals surface area contributed by atoms with Crippen molar-refractivity contribution in [2.45, 2.75) is 26.7 Å². The molecule has 0 aliphatic carbocycles. The summed E-state index contributed by atoms with van der Waals surface area (Å²) >= 11 is 0. The number of hydrogen-bond donors (Lipinski definition) is 0. The standard InChI is InChI=1S/C15H20N2/c1-4-6-7-11-14(16-3)15-13(9-5-2)10-8-12-17-15/h4,6-8,10-12H,5,9H2,1-3H3/b6-4-,11-7-,16-14?. The van der Waals surface area contributed by atoms with Crippen molar-refractivity contribution in [1.82, 2.24) is 4.98 Å². The Morgan fingerprint density at radius 2 is 2.24 bits per heavy atom. The molecule has 0 unspecified atom stereocenters. The van der Waals surface area contributed by atoms with Crippen LogP contribution in [-0.2, 0) is 6.42 Å². The summed E-state index contributed by atoms with van der Waals surface area (Å²) in [6.07, 6.45) is 12.0. The molecule has 0 bridgehead atoms. The minimum absolute atomic E-state index is 0.937. The third-order valence-corrected chi connectivity index (χ3v) is 2.45. The van der Waals surface area contributed by atoms with Crippen molar-refractivity contribution >= 4 is 5.71 Å². The molecule has 1 heterocycles. The second-order valence-corrected chi connectivity index (χ2v) is 3.75. The van der Waals surface area contributed by atoms with Gasteiger partial charge in [0, 0.05) is 13.2 Å². The van der Waals surface area contributed by atoms with Gasteiger partial charge in [-0.05, 0) is 31.1 Å². The molecule has 0 atom stereocenters. The molecule has 0 radical (unpaired) electrons. The monoisotopic (exact) mass is 228 g/mol. The molecule has 1 aromatic rings. The molecule has 0 saturated carbocycles. The molecule has 0 saturated heterocycles. The highest BCUT2D eigenvalue weighted by Crippen LogP contribution is 2.10. The number of allylic oxidation sites excluding steroid dienone is 4. The van der Waals surface area contributed by atoms with Crippen LogP contribution in [-0.4, -0.2) is 17.7 Å². The molecular formula is C15H20N2. The lowest BCUT2D eigenvalue weighted by Gasteiger charge is -2.06. The molecule has 0 aliphatic heterocycles. The lowest BCUT2D eigenvalue weighted by atomic mass is 10.0. The zero-order valence-corrected chi connectivity index (χ0v) is 10.9. The predicted molar refractivity (Wildman–Crippen MR) is 74.6 cm³/mol. The molecule has 1 rings (SSSR count). The maximum Gasteiger partial charge on any atom is 0.0913 e. The van der Waals surface area contributed by atoms with Crippen LogP contribution in [0, 0.1) is 0 Å². The summed E-state index contributed by atoms with van der Waals surface area (Å²) in [6.45, 7) is 4.17. The molecule has 2 nitrogen and oxygen atoms in total. The van der Waals surface area contributed by atoms with Gasteiger partial charge in [-0.3, -0.25) is 9.98 Å². The zero-order chi connectivity index (χ0) is 12.5. The minimum Gasteiger partial charge on any atom is -0.286 e. The Morgan fingerprint density at radius 1 is 1.41 bits per heavy atom. The van der Waals surface area contributed by atoms with Crippen molar-refractivity contribution in [2.75, 3.05) is 7.05 Å². The normalized spacial score (nSPS) is 12.8. The number of aryl methyl sites for hydroxylation is 1. The van der Waals surface area contributed by atoms with Gasteiger partial charge in [-0.2, -0.15) is 0 Å². The van der Waals surface area contributed by atoms with Crippen molar-refractivity contribution in [1.29, 1.82) is 0 Å². The smallest absolute Gasteiger partial charge is 0.0913 e. The van der Waals surface area contributed by atoms with E-state index in [4.69, 9.17) is 0 Å². The molecule has 17 heavy (non-hydrogen) atoms. The molecule has 0 fully saturated rings. The van der Waals surface area contributed by atoms with E-state index in [-0.39, 0.29) is 0 Å². The van der Waals surface area contributed by atoms with Gasteiger partial charge < -0.3 is 0 Å². The summed E-state index contributed by atoms with van der Waals surface area (Å²) in [5.74, 6) is 0. The van der Waals surface area contributed by atoms with Crippen LogP contribution in [0.25, 0.3) is 0 Å². The van der Waals surface area contributed by atoms with Crippen molar-refractivity contribution in [3.8, 4) is 0 Å². The highest BCUT2D eigenvalue weighted by Gasteiger charge is 2.06. The van der Waals surface area contributed by atoms with Crippen LogP contribution in [0.3, 0.4) is 0 Å². The molecule has 0 spiro atoms. The van der Waals surface area contributed by atoms with E-state index in [2.05, 4.69) is 23.0 Å². The first-order chi connectivity index (χ1) is 8.33. The highest BCUT2D eigenvalue weighted by atomic mass is 14.8. The van der Waals surface area contributed by atoms with Crippen LogP contribution in [0.1, 0.15) is 31.5 Å². The Labute approximate surface area is 104 Å². The summed E-state index contributed by atoms with van der Waals surface area (Å²) < 4.78 is 0. The van der Waals surface area contributed by atoms with Gasteiger partial charge in [-0.15, -0.1) is 0 Å². The maximum atomic E-state index is 4.44. The van der Waals surface area contributed by atoms with Crippen molar-refractivity contribution in [3.05, 3.63) is 53.9 Å². The molecule has 2 heteroatoms. The van der Waals surface area contributed by atoms with Crippen molar-refractivity contribution in [3.63, 3.8) is 0 Å². The van der Waals surface area contributed by atoms with Crippen LogP contribution in [0.5, 0.6) is 0 Å². The third-order valence-electron chi connectivity index (χ3n) is 2.45. The van der Waals surface area contributed by atoms with Gasteiger partial charge >= 0.3 is 0 Å². The van der Waals surface area contributed by atoms with Gasteiger partial charge in [0.15, 0.2) is 0 Å². The Hall–Kier alpha value is -1.70. The van der Waals surface area contributed by atoms with E-state index in [1.807, 2.05) is 43.5 Å². The highest BCUT2D eigenvalue weighted by molar-refractivity contribution is 6.08. The number of rotatable bonds is 5. The summed E-state index contributed by atoms with van der Waals surface area (Å²) in [4.78, 5) is 8.75. The first kappa shape index (κ1) is 13.4. The summed E-state index contributed by atoms with van der Waals surface area (Å²) in [6, 6.07) is 4.11. The largest absolute Gasteiger partial charge is 0.286 e. The topological polar surface area (TPSA) is 25.2 Å². The predicted octanol–water partition coefficient (Wildman–Crippen LogP) is 3.59. The first-order valence-electron chi connectivity index (χ1n) is 6.03. The lowest BCUT2D eigenvalue weighted by molar-refractivity contribution is 0.910. The SMILES string of the molecule is C/C=C\C=C/C(=NC)c1ncccc1CCC. The zero-order valence-electron chi connectivity index (χ0n) is 10.9. The number of nitrogens with zero attached hydrogens (tertiary/aromatic N) is 2. The fourth-order valence-corrected chi connectivity index (χ4v) is 1.66. The minimum atomic E-state index is 0.937. The maximum absolute atomic E-state index is 4.44. The second kappa shape index (κ2) is 7.55. The van der Waals surface area contributed by atoms with E-state index in [1.165, 1.54) is 5.56 Å². The quantitative estimate of drug-likeness (QED) is 0.558. The number of aliphatic imine (C=N–C) groups is 1. The van der Waals surface area contributed by atoms with Gasteiger partial charge in [0.05, 0.1) is 11.4 Å². The fraction of sp³-hybridized carbons (Fsp3) is 0.333.